The van der Waals surface area contributed by atoms with Gasteiger partial charge in [-0.2, -0.15) is 31.9 Å². The van der Waals surface area contributed by atoms with Crippen molar-refractivity contribution in [2.75, 3.05) is 23.6 Å². The molecule has 1 aromatic rings. The molecule has 1 rings (SSSR count). The Kier molecular flexibility index (Phi) is 12.9. The Labute approximate surface area is 184 Å². The number of hydrogen-bond acceptors (Lipinski definition) is 6. The maximum atomic E-state index is 12.9. The van der Waals surface area contributed by atoms with Gasteiger partial charge in [0.15, 0.2) is 0 Å². The van der Waals surface area contributed by atoms with Gasteiger partial charge < -0.3 is 5.32 Å². The molecule has 0 fully saturated rings. The van der Waals surface area contributed by atoms with Crippen molar-refractivity contribution in [3.8, 4) is 0 Å². The fraction of sp³-hybridized carbons (Fsp3) is 0.700. The highest BCUT2D eigenvalue weighted by molar-refractivity contribution is 7.98. The standard InChI is InChI=1S/C20H34N2O4S3/c1-4-5-6-7-8-9-10-17(15-29(24,25)26)20(23)22-19-16(13-27-2)11-12-21-18(19)14-28-3/h11-12,17H,4-10,13-15H2,1-3H3,(H,22,23)(H,24,25,26)/t17-/m0/s1. The molecule has 0 saturated carbocycles. The molecule has 0 saturated heterocycles. The summed E-state index contributed by atoms with van der Waals surface area (Å²) in [6.07, 6.45) is 12.4. The van der Waals surface area contributed by atoms with E-state index in [0.29, 0.717) is 17.9 Å². The first-order chi connectivity index (χ1) is 13.8. The number of anilines is 1. The summed E-state index contributed by atoms with van der Waals surface area (Å²) in [5.74, 6) is -0.323. The monoisotopic (exact) mass is 462 g/mol. The predicted molar refractivity (Wildman–Crippen MR) is 125 cm³/mol. The number of amides is 1. The zero-order valence-electron chi connectivity index (χ0n) is 17.6. The van der Waals surface area contributed by atoms with Gasteiger partial charge in [-0.3, -0.25) is 14.3 Å². The first-order valence-corrected chi connectivity index (χ1v) is 14.4. The van der Waals surface area contributed by atoms with Crippen LogP contribution < -0.4 is 5.32 Å². The lowest BCUT2D eigenvalue weighted by atomic mass is 10.0. The molecule has 6 nitrogen and oxygen atoms in total. The molecule has 1 aromatic heterocycles. The number of carbonyl (C=O) groups is 1. The van der Waals surface area contributed by atoms with Crippen LogP contribution in [0.2, 0.25) is 0 Å². The fourth-order valence-corrected chi connectivity index (χ4v) is 5.04. The maximum absolute atomic E-state index is 12.9. The minimum Gasteiger partial charge on any atom is -0.324 e. The SMILES string of the molecule is CCCCCCCC[C@@H](CS(=O)(=O)O)C(=O)Nc1c(CSC)ccnc1CSC. The van der Waals surface area contributed by atoms with Crippen molar-refractivity contribution in [1.82, 2.24) is 4.98 Å². The van der Waals surface area contributed by atoms with Crippen molar-refractivity contribution in [2.45, 2.75) is 63.4 Å². The number of hydrogen-bond donors (Lipinski definition) is 2. The Balaban J connectivity index is 2.90. The molecule has 1 amide bonds. The van der Waals surface area contributed by atoms with Gasteiger partial charge in [-0.05, 0) is 30.6 Å². The normalized spacial score (nSPS) is 12.7. The number of rotatable bonds is 15. The molecule has 29 heavy (non-hydrogen) atoms. The average molecular weight is 463 g/mol. The lowest BCUT2D eigenvalue weighted by Crippen LogP contribution is -2.30. The fourth-order valence-electron chi connectivity index (χ4n) is 3.17. The number of nitrogens with one attached hydrogen (secondary N) is 1. The Morgan fingerprint density at radius 2 is 1.79 bits per heavy atom. The number of thioether (sulfide) groups is 2. The lowest BCUT2D eigenvalue weighted by Gasteiger charge is -2.19. The summed E-state index contributed by atoms with van der Waals surface area (Å²) in [6, 6.07) is 1.88. The molecule has 0 radical (unpaired) electrons. The molecule has 1 heterocycles. The van der Waals surface area contributed by atoms with Gasteiger partial charge in [-0.1, -0.05) is 45.4 Å². The van der Waals surface area contributed by atoms with E-state index >= 15 is 0 Å². The van der Waals surface area contributed by atoms with Crippen molar-refractivity contribution in [3.05, 3.63) is 23.5 Å². The minimum absolute atomic E-state index is 0.367. The topological polar surface area (TPSA) is 96.4 Å². The third-order valence-electron chi connectivity index (χ3n) is 4.63. The summed E-state index contributed by atoms with van der Waals surface area (Å²) >= 11 is 3.25. The van der Waals surface area contributed by atoms with E-state index in [1.807, 2.05) is 18.6 Å². The zero-order chi connectivity index (χ0) is 21.7. The van der Waals surface area contributed by atoms with Crippen molar-refractivity contribution >= 4 is 45.2 Å². The molecule has 0 bridgehead atoms. The quantitative estimate of drug-likeness (QED) is 0.280. The van der Waals surface area contributed by atoms with Crippen molar-refractivity contribution < 1.29 is 17.8 Å². The number of unbranched alkanes of at least 4 members (excludes halogenated alkanes) is 5. The van der Waals surface area contributed by atoms with Crippen LogP contribution in [0.15, 0.2) is 12.3 Å². The van der Waals surface area contributed by atoms with Gasteiger partial charge in [0.25, 0.3) is 10.1 Å². The Morgan fingerprint density at radius 1 is 1.14 bits per heavy atom. The Hall–Kier alpha value is -0.770. The molecule has 0 aliphatic rings. The van der Waals surface area contributed by atoms with Gasteiger partial charge >= 0.3 is 0 Å². The maximum Gasteiger partial charge on any atom is 0.265 e. The van der Waals surface area contributed by atoms with Crippen molar-refractivity contribution in [3.63, 3.8) is 0 Å². The average Bonchev–Trinajstić information content (AvgIpc) is 2.65. The minimum atomic E-state index is -4.24. The van der Waals surface area contributed by atoms with Crippen LogP contribution in [0.3, 0.4) is 0 Å². The summed E-state index contributed by atoms with van der Waals surface area (Å²) in [6.45, 7) is 2.15. The van der Waals surface area contributed by atoms with Crippen LogP contribution in [0.25, 0.3) is 0 Å². The molecule has 2 N–H and O–H groups in total. The highest BCUT2D eigenvalue weighted by Gasteiger charge is 2.25. The number of nitrogens with zero attached hydrogens (tertiary/aromatic N) is 1. The number of pyridine rings is 1. The van der Waals surface area contributed by atoms with Crippen LogP contribution in [0, 0.1) is 5.92 Å². The summed E-state index contributed by atoms with van der Waals surface area (Å²) in [5.41, 5.74) is 2.42. The largest absolute Gasteiger partial charge is 0.324 e. The third kappa shape index (κ3) is 10.7. The highest BCUT2D eigenvalue weighted by Crippen LogP contribution is 2.27. The van der Waals surface area contributed by atoms with E-state index in [4.69, 9.17) is 0 Å². The predicted octanol–water partition coefficient (Wildman–Crippen LogP) is 5.00. The second-order valence-electron chi connectivity index (χ2n) is 7.15. The Morgan fingerprint density at radius 3 is 2.41 bits per heavy atom. The van der Waals surface area contributed by atoms with Gasteiger partial charge in [0.2, 0.25) is 5.91 Å². The second kappa shape index (κ2) is 14.3. The molecule has 1 atom stereocenters. The summed E-state index contributed by atoms with van der Waals surface area (Å²) in [5, 5.41) is 2.93. The summed E-state index contributed by atoms with van der Waals surface area (Å²) < 4.78 is 32.3. The lowest BCUT2D eigenvalue weighted by molar-refractivity contribution is -0.119. The first-order valence-electron chi connectivity index (χ1n) is 10.0. The van der Waals surface area contributed by atoms with Crippen LogP contribution in [0.4, 0.5) is 5.69 Å². The smallest absolute Gasteiger partial charge is 0.265 e. The van der Waals surface area contributed by atoms with Crippen LogP contribution >= 0.6 is 23.5 Å². The van der Waals surface area contributed by atoms with Gasteiger partial charge in [0.1, 0.15) is 0 Å². The van der Waals surface area contributed by atoms with E-state index in [1.54, 1.807) is 29.7 Å². The molecule has 0 aromatic carbocycles. The molecule has 0 aliphatic heterocycles. The molecule has 0 spiro atoms. The van der Waals surface area contributed by atoms with E-state index < -0.39 is 21.8 Å². The molecule has 166 valence electrons. The van der Waals surface area contributed by atoms with E-state index in [9.17, 15) is 17.8 Å². The van der Waals surface area contributed by atoms with Gasteiger partial charge in [-0.15, -0.1) is 0 Å². The van der Waals surface area contributed by atoms with Crippen molar-refractivity contribution in [2.24, 2.45) is 5.92 Å². The molecular weight excluding hydrogens is 428 g/mol. The van der Waals surface area contributed by atoms with Crippen LogP contribution in [-0.4, -0.2) is 42.1 Å². The third-order valence-corrected chi connectivity index (χ3v) is 6.62. The van der Waals surface area contributed by atoms with Gasteiger partial charge in [0, 0.05) is 17.7 Å². The molecule has 9 heteroatoms. The highest BCUT2D eigenvalue weighted by atomic mass is 32.2. The number of carbonyl (C=O) groups excluding carboxylic acids is 1. The van der Waals surface area contributed by atoms with E-state index in [1.165, 1.54) is 6.42 Å². The summed E-state index contributed by atoms with van der Waals surface area (Å²) in [4.78, 5) is 17.3. The molecular formula is C20H34N2O4S3. The number of aromatic nitrogens is 1. The van der Waals surface area contributed by atoms with Crippen LogP contribution in [-0.2, 0) is 26.4 Å². The molecule has 0 unspecified atom stereocenters. The summed E-state index contributed by atoms with van der Waals surface area (Å²) in [7, 11) is -4.24. The second-order valence-corrected chi connectivity index (χ2v) is 10.4. The van der Waals surface area contributed by atoms with Crippen LogP contribution in [0.5, 0.6) is 0 Å². The van der Waals surface area contributed by atoms with E-state index in [2.05, 4.69) is 17.2 Å². The van der Waals surface area contributed by atoms with Gasteiger partial charge in [-0.25, -0.2) is 0 Å². The Bertz CT molecular complexity index is 702. The zero-order valence-corrected chi connectivity index (χ0v) is 20.1. The molecule has 0 aliphatic carbocycles. The van der Waals surface area contributed by atoms with Crippen LogP contribution in [0.1, 0.15) is 63.1 Å². The first kappa shape index (κ1) is 26.3. The van der Waals surface area contributed by atoms with E-state index in [-0.39, 0.29) is 5.91 Å². The van der Waals surface area contributed by atoms with Crippen molar-refractivity contribution in [1.29, 1.82) is 0 Å². The van der Waals surface area contributed by atoms with E-state index in [0.717, 1.165) is 49.1 Å². The van der Waals surface area contributed by atoms with Gasteiger partial charge in [0.05, 0.1) is 23.1 Å².